The summed E-state index contributed by atoms with van der Waals surface area (Å²) in [4.78, 5) is 16.0. The lowest BCUT2D eigenvalue weighted by Gasteiger charge is -2.46. The molecule has 0 radical (unpaired) electrons. The van der Waals surface area contributed by atoms with E-state index in [1.807, 2.05) is 13.0 Å². The van der Waals surface area contributed by atoms with E-state index in [4.69, 9.17) is 30.5 Å². The highest BCUT2D eigenvalue weighted by atomic mass is 35.5. The van der Waals surface area contributed by atoms with E-state index >= 15 is 0 Å². The van der Waals surface area contributed by atoms with E-state index in [9.17, 15) is 13.2 Å². The van der Waals surface area contributed by atoms with Crippen LogP contribution in [0.15, 0.2) is 53.4 Å². The molecular weight excluding hydrogens is 640 g/mol. The highest BCUT2D eigenvalue weighted by molar-refractivity contribution is 7.90. The van der Waals surface area contributed by atoms with Crippen LogP contribution in [0.1, 0.15) is 50.2 Å². The Hall–Kier alpha value is -2.63. The van der Waals surface area contributed by atoms with Crippen LogP contribution < -0.4 is 14.4 Å². The quantitative estimate of drug-likeness (QED) is 0.313. The second-order valence-electron chi connectivity index (χ2n) is 13.7. The highest BCUT2D eigenvalue weighted by Gasteiger charge is 2.44. The predicted molar refractivity (Wildman–Crippen MR) is 182 cm³/mol. The molecule has 47 heavy (non-hydrogen) atoms. The van der Waals surface area contributed by atoms with Gasteiger partial charge in [0.25, 0.3) is 10.0 Å². The van der Waals surface area contributed by atoms with Crippen molar-refractivity contribution in [1.82, 2.24) is 4.72 Å². The van der Waals surface area contributed by atoms with Gasteiger partial charge in [-0.05, 0) is 97.7 Å². The second-order valence-corrected chi connectivity index (χ2v) is 15.8. The summed E-state index contributed by atoms with van der Waals surface area (Å²) >= 11 is 6.43. The average Bonchev–Trinajstić information content (AvgIpc) is 3.18. The van der Waals surface area contributed by atoms with Crippen molar-refractivity contribution in [3.05, 3.63) is 64.7 Å². The number of amides is 1. The summed E-state index contributed by atoms with van der Waals surface area (Å²) in [7, 11) is -0.846. The summed E-state index contributed by atoms with van der Waals surface area (Å²) in [5.41, 5.74) is 2.95. The number of anilines is 1. The van der Waals surface area contributed by atoms with E-state index in [-0.39, 0.29) is 28.9 Å². The highest BCUT2D eigenvalue weighted by Crippen LogP contribution is 2.47. The maximum Gasteiger partial charge on any atom is 0.264 e. The molecule has 2 aliphatic heterocycles. The normalized spacial score (nSPS) is 31.0. The first-order valence-electron chi connectivity index (χ1n) is 16.8. The fraction of sp³-hybridized carbons (Fsp3) is 0.583. The summed E-state index contributed by atoms with van der Waals surface area (Å²) in [6, 6.07) is 11.1. The Kier molecular flexibility index (Phi) is 10.5. The first kappa shape index (κ1) is 34.2. The number of fused-ring (bicyclic) bond motifs is 4. The minimum absolute atomic E-state index is 0.0311. The van der Waals surface area contributed by atoms with E-state index < -0.39 is 21.8 Å². The zero-order valence-corrected chi connectivity index (χ0v) is 29.2. The van der Waals surface area contributed by atoms with E-state index in [0.29, 0.717) is 50.4 Å². The Balaban J connectivity index is 1.39. The average molecular weight is 687 g/mol. The van der Waals surface area contributed by atoms with Crippen LogP contribution in [0, 0.1) is 23.7 Å². The number of hydrogen-bond acceptors (Lipinski definition) is 8. The van der Waals surface area contributed by atoms with Crippen LogP contribution in [0.2, 0.25) is 5.02 Å². The maximum atomic E-state index is 13.8. The molecule has 2 aromatic carbocycles. The van der Waals surface area contributed by atoms with E-state index in [0.717, 1.165) is 49.4 Å². The Labute approximate surface area is 284 Å². The lowest BCUT2D eigenvalue weighted by Crippen LogP contribution is -2.49. The van der Waals surface area contributed by atoms with Crippen LogP contribution in [0.5, 0.6) is 5.75 Å². The van der Waals surface area contributed by atoms with Crippen molar-refractivity contribution in [2.24, 2.45) is 23.7 Å². The van der Waals surface area contributed by atoms with Gasteiger partial charge in [0.15, 0.2) is 0 Å². The molecule has 2 aromatic rings. The van der Waals surface area contributed by atoms with Crippen LogP contribution in [-0.2, 0) is 40.9 Å². The number of rotatable bonds is 6. The van der Waals surface area contributed by atoms with E-state index in [1.54, 1.807) is 26.4 Å². The van der Waals surface area contributed by atoms with Gasteiger partial charge in [-0.1, -0.05) is 36.7 Å². The topological polar surface area (TPSA) is 103 Å². The molecule has 6 rings (SSSR count). The molecular formula is C36H47ClN2O7S. The number of halogens is 1. The minimum Gasteiger partial charge on any atom is -0.490 e. The lowest BCUT2D eigenvalue weighted by atomic mass is 9.68. The van der Waals surface area contributed by atoms with E-state index in [1.165, 1.54) is 17.2 Å². The fourth-order valence-corrected chi connectivity index (χ4v) is 9.15. The molecule has 1 fully saturated rings. The molecule has 2 heterocycles. The molecule has 4 aliphatic rings. The second kappa shape index (κ2) is 14.5. The molecule has 256 valence electrons. The molecule has 9 nitrogen and oxygen atoms in total. The van der Waals surface area contributed by atoms with Gasteiger partial charge < -0.3 is 23.8 Å². The van der Waals surface area contributed by atoms with Crippen LogP contribution in [0.4, 0.5) is 5.69 Å². The number of methoxy groups -OCH3 is 2. The number of nitrogens with one attached hydrogen (secondary N) is 1. The molecule has 1 spiro atoms. The Morgan fingerprint density at radius 1 is 1.13 bits per heavy atom. The maximum absolute atomic E-state index is 13.8. The zero-order valence-electron chi connectivity index (χ0n) is 27.6. The molecule has 0 unspecified atom stereocenters. The summed E-state index contributed by atoms with van der Waals surface area (Å²) in [6.07, 6.45) is 9.78. The summed E-state index contributed by atoms with van der Waals surface area (Å²) < 4.78 is 53.4. The molecule has 11 heteroatoms. The van der Waals surface area contributed by atoms with Crippen molar-refractivity contribution in [3.8, 4) is 5.75 Å². The van der Waals surface area contributed by atoms with Crippen molar-refractivity contribution in [2.75, 3.05) is 58.6 Å². The number of carbonyl (C=O) groups excluding carboxylic acids is 1. The molecule has 0 aromatic heterocycles. The number of nitrogens with zero attached hydrogens (tertiary/aromatic N) is 1. The smallest absolute Gasteiger partial charge is 0.264 e. The van der Waals surface area contributed by atoms with Gasteiger partial charge in [0.05, 0.1) is 49.0 Å². The van der Waals surface area contributed by atoms with Crippen LogP contribution >= 0.6 is 11.6 Å². The molecule has 6 atom stereocenters. The van der Waals surface area contributed by atoms with Crippen LogP contribution in [0.25, 0.3) is 0 Å². The Bertz CT molecular complexity index is 1580. The first-order valence-corrected chi connectivity index (χ1v) is 18.6. The molecule has 1 amide bonds. The number of sulfonamides is 1. The monoisotopic (exact) mass is 686 g/mol. The van der Waals surface area contributed by atoms with Crippen molar-refractivity contribution in [1.29, 1.82) is 0 Å². The Morgan fingerprint density at radius 2 is 1.98 bits per heavy atom. The largest absolute Gasteiger partial charge is 0.490 e. The predicted octanol–water partition coefficient (Wildman–Crippen LogP) is 5.53. The molecule has 2 bridgehead atoms. The summed E-state index contributed by atoms with van der Waals surface area (Å²) in [6.45, 7) is 4.62. The van der Waals surface area contributed by atoms with Crippen molar-refractivity contribution < 1.29 is 32.2 Å². The van der Waals surface area contributed by atoms with Crippen LogP contribution in [0.3, 0.4) is 0 Å². The van der Waals surface area contributed by atoms with Gasteiger partial charge in [0.2, 0.25) is 5.91 Å². The molecule has 1 saturated carbocycles. The van der Waals surface area contributed by atoms with Gasteiger partial charge in [-0.15, -0.1) is 0 Å². The van der Waals surface area contributed by atoms with Gasteiger partial charge in [-0.2, -0.15) is 0 Å². The molecule has 0 saturated heterocycles. The third-order valence-electron chi connectivity index (χ3n) is 10.8. The van der Waals surface area contributed by atoms with Gasteiger partial charge in [0, 0.05) is 37.7 Å². The van der Waals surface area contributed by atoms with Gasteiger partial charge in [-0.3, -0.25) is 4.79 Å². The van der Waals surface area contributed by atoms with Crippen molar-refractivity contribution in [2.45, 2.75) is 61.9 Å². The molecule has 1 N–H and O–H groups in total. The van der Waals surface area contributed by atoms with Gasteiger partial charge in [0.1, 0.15) is 5.75 Å². The third kappa shape index (κ3) is 7.22. The standard InChI is InChI=1S/C36H47ClN2O7S/c1-24-6-4-8-33(44-3)29-12-9-26(29)20-39-22-36(15-5-7-25-18-27(37)10-13-31(25)36)23-46-34-14-11-28(19-32(34)39)47(41,42)38-35(40)30(24)21-45-17-16-43-2/h4,8,10-11,13-14,18-19,24,26,29-30,33H,5-7,9,12,15-17,20-23H2,1-3H3,(H,38,40)/b8-4+/t24-,26-,29+,30+,33+,36-/m0/s1. The van der Waals surface area contributed by atoms with Crippen molar-refractivity contribution >= 4 is 33.2 Å². The van der Waals surface area contributed by atoms with E-state index in [2.05, 4.69) is 33.9 Å². The SMILES string of the molecule is COCCOC[C@H]1C(=O)NS(=O)(=O)c2ccc3c(c2)N(C[C@@H]2CC[C@H]2[C@H](OC)/C=C/C[C@@H]1C)C[C@@]1(CCCc2cc(Cl)ccc21)CO3. The third-order valence-corrected chi connectivity index (χ3v) is 12.3. The fourth-order valence-electron chi connectivity index (χ4n) is 7.90. The number of benzene rings is 2. The number of aryl methyl sites for hydroxylation is 1. The minimum atomic E-state index is -4.19. The summed E-state index contributed by atoms with van der Waals surface area (Å²) in [5, 5.41) is 0.731. The molecule has 2 aliphatic carbocycles. The Morgan fingerprint density at radius 3 is 2.74 bits per heavy atom. The number of ether oxygens (including phenoxy) is 4. The van der Waals surface area contributed by atoms with Crippen LogP contribution in [-0.4, -0.2) is 74.2 Å². The number of allylic oxidation sites excluding steroid dienone is 1. The zero-order chi connectivity index (χ0) is 33.2. The van der Waals surface area contributed by atoms with Crippen molar-refractivity contribution in [3.63, 3.8) is 0 Å². The lowest BCUT2D eigenvalue weighted by molar-refractivity contribution is -0.127. The van der Waals surface area contributed by atoms with Gasteiger partial charge >= 0.3 is 0 Å². The number of carbonyl (C=O) groups is 1. The number of hydrogen-bond donors (Lipinski definition) is 1. The summed E-state index contributed by atoms with van der Waals surface area (Å²) in [5.74, 6) is -0.121. The first-order chi connectivity index (χ1) is 22.6. The van der Waals surface area contributed by atoms with Gasteiger partial charge in [-0.25, -0.2) is 13.1 Å².